The van der Waals surface area contributed by atoms with Crippen molar-refractivity contribution >= 4 is 33.4 Å². The molecule has 0 spiro atoms. The maximum absolute atomic E-state index is 13.0. The van der Waals surface area contributed by atoms with Crippen molar-refractivity contribution in [2.75, 3.05) is 24.2 Å². The Morgan fingerprint density at radius 2 is 1.85 bits per heavy atom. The fourth-order valence-electron chi connectivity index (χ4n) is 3.52. The molecule has 0 atom stereocenters. The third kappa shape index (κ3) is 5.63. The van der Waals surface area contributed by atoms with E-state index < -0.39 is 10.0 Å². The minimum Gasteiger partial charge on any atom is -0.325 e. The third-order valence-electron chi connectivity index (χ3n) is 5.28. The Balaban J connectivity index is 1.73. The summed E-state index contributed by atoms with van der Waals surface area (Å²) in [6.45, 7) is 8.20. The smallest absolute Gasteiger partial charge is 0.243 e. The predicted octanol–water partition coefficient (Wildman–Crippen LogP) is 3.90. The Morgan fingerprint density at radius 1 is 1.12 bits per heavy atom. The molecule has 176 valence electrons. The van der Waals surface area contributed by atoms with E-state index in [0.29, 0.717) is 29.5 Å². The number of hydrogen-bond donors (Lipinski definition) is 1. The average molecular weight is 488 g/mol. The Labute approximate surface area is 199 Å². The minimum atomic E-state index is -3.63. The van der Waals surface area contributed by atoms with Gasteiger partial charge in [0.05, 0.1) is 16.3 Å². The molecular formula is C23H29N5O3S2. The van der Waals surface area contributed by atoms with Gasteiger partial charge < -0.3 is 5.32 Å². The zero-order valence-corrected chi connectivity index (χ0v) is 20.9. The maximum atomic E-state index is 13.0. The first-order chi connectivity index (χ1) is 15.8. The van der Waals surface area contributed by atoms with Crippen molar-refractivity contribution in [2.45, 2.75) is 44.2 Å². The number of anilines is 1. The third-order valence-corrected chi connectivity index (χ3v) is 8.41. The van der Waals surface area contributed by atoms with Gasteiger partial charge in [0.25, 0.3) is 0 Å². The predicted molar refractivity (Wildman–Crippen MR) is 131 cm³/mol. The quantitative estimate of drug-likeness (QED) is 0.436. The Morgan fingerprint density at radius 3 is 2.55 bits per heavy atom. The van der Waals surface area contributed by atoms with Crippen LogP contribution in [0.1, 0.15) is 31.9 Å². The van der Waals surface area contributed by atoms with E-state index in [2.05, 4.69) is 28.5 Å². The van der Waals surface area contributed by atoms with Gasteiger partial charge >= 0.3 is 0 Å². The average Bonchev–Trinajstić information content (AvgIpc) is 3.28. The minimum absolute atomic E-state index is 0.110. The van der Waals surface area contributed by atoms with Gasteiger partial charge in [-0.3, -0.25) is 9.36 Å². The van der Waals surface area contributed by atoms with Crippen molar-refractivity contribution in [1.82, 2.24) is 19.1 Å². The molecule has 0 radical (unpaired) electrons. The van der Waals surface area contributed by atoms with Gasteiger partial charge in [0.15, 0.2) is 5.16 Å². The largest absolute Gasteiger partial charge is 0.325 e. The van der Waals surface area contributed by atoms with Crippen LogP contribution in [-0.4, -0.2) is 52.2 Å². The molecular weight excluding hydrogens is 458 g/mol. The lowest BCUT2D eigenvalue weighted by Gasteiger charge is -2.20. The van der Waals surface area contributed by atoms with Gasteiger partial charge in [0.1, 0.15) is 6.33 Å². The number of rotatable bonds is 10. The van der Waals surface area contributed by atoms with Crippen molar-refractivity contribution in [1.29, 1.82) is 0 Å². The molecule has 2 aromatic carbocycles. The molecule has 10 heteroatoms. The fourth-order valence-corrected chi connectivity index (χ4v) is 5.95. The number of para-hydroxylation sites is 1. The van der Waals surface area contributed by atoms with Crippen molar-refractivity contribution < 1.29 is 13.2 Å². The van der Waals surface area contributed by atoms with Gasteiger partial charge in [-0.2, -0.15) is 4.31 Å². The fraction of sp³-hybridized carbons (Fsp3) is 0.348. The van der Waals surface area contributed by atoms with Crippen molar-refractivity contribution in [3.63, 3.8) is 0 Å². The van der Waals surface area contributed by atoms with E-state index in [1.54, 1.807) is 39.2 Å². The van der Waals surface area contributed by atoms with Crippen molar-refractivity contribution in [2.24, 2.45) is 0 Å². The molecule has 0 aliphatic carbocycles. The van der Waals surface area contributed by atoms with E-state index in [4.69, 9.17) is 0 Å². The molecule has 0 aliphatic rings. The van der Waals surface area contributed by atoms with Gasteiger partial charge in [-0.1, -0.05) is 56.8 Å². The molecule has 3 aromatic rings. The number of hydrogen-bond acceptors (Lipinski definition) is 6. The number of nitrogens with one attached hydrogen (secondary N) is 1. The second-order valence-corrected chi connectivity index (χ2v) is 10.2. The van der Waals surface area contributed by atoms with Crippen LogP contribution < -0.4 is 5.32 Å². The number of benzene rings is 2. The van der Waals surface area contributed by atoms with Gasteiger partial charge in [-0.25, -0.2) is 8.42 Å². The summed E-state index contributed by atoms with van der Waals surface area (Å²) in [5.41, 5.74) is 3.22. The first kappa shape index (κ1) is 24.9. The number of aryl methyl sites for hydroxylation is 2. The van der Waals surface area contributed by atoms with Gasteiger partial charge in [0, 0.05) is 18.8 Å². The molecule has 1 N–H and O–H groups in total. The molecule has 0 unspecified atom stereocenters. The molecule has 1 heterocycles. The molecule has 8 nitrogen and oxygen atoms in total. The summed E-state index contributed by atoms with van der Waals surface area (Å²) >= 11 is 1.27. The topological polar surface area (TPSA) is 97.2 Å². The lowest BCUT2D eigenvalue weighted by atomic mass is 10.1. The summed E-state index contributed by atoms with van der Waals surface area (Å²) in [5.74, 6) is -0.146. The standard InChI is InChI=1S/C23H29N5O3S2/c1-5-18-10-8-9-11-20(18)28-16-24-26-23(28)32-15-22(29)25-19-13-12-17(4)21(14-19)33(30,31)27(6-2)7-3/h8-14,16H,5-7,15H2,1-4H3,(H,25,29). The number of sulfonamides is 1. The molecule has 33 heavy (non-hydrogen) atoms. The molecule has 0 aliphatic heterocycles. The maximum Gasteiger partial charge on any atom is 0.243 e. The highest BCUT2D eigenvalue weighted by molar-refractivity contribution is 7.99. The lowest BCUT2D eigenvalue weighted by molar-refractivity contribution is -0.113. The molecule has 1 aromatic heterocycles. The summed E-state index contributed by atoms with van der Waals surface area (Å²) in [6, 6.07) is 12.9. The highest BCUT2D eigenvalue weighted by Gasteiger charge is 2.24. The summed E-state index contributed by atoms with van der Waals surface area (Å²) in [4.78, 5) is 12.8. The summed E-state index contributed by atoms with van der Waals surface area (Å²) in [5, 5.41) is 11.6. The van der Waals surface area contributed by atoms with E-state index >= 15 is 0 Å². The van der Waals surface area contributed by atoms with Crippen LogP contribution in [0.4, 0.5) is 5.69 Å². The molecule has 0 fully saturated rings. The number of nitrogens with zero attached hydrogens (tertiary/aromatic N) is 4. The normalized spacial score (nSPS) is 11.7. The van der Waals surface area contributed by atoms with Crippen LogP contribution in [0, 0.1) is 6.92 Å². The van der Waals surface area contributed by atoms with Gasteiger partial charge in [-0.15, -0.1) is 10.2 Å². The zero-order chi connectivity index (χ0) is 24.0. The first-order valence-electron chi connectivity index (χ1n) is 10.8. The van der Waals surface area contributed by atoms with E-state index in [-0.39, 0.29) is 16.6 Å². The van der Waals surface area contributed by atoms with Gasteiger partial charge in [-0.05, 0) is 42.7 Å². The highest BCUT2D eigenvalue weighted by atomic mass is 32.2. The summed E-state index contributed by atoms with van der Waals surface area (Å²) in [7, 11) is -3.63. The van der Waals surface area contributed by atoms with Crippen LogP contribution in [0.3, 0.4) is 0 Å². The lowest BCUT2D eigenvalue weighted by Crippen LogP contribution is -2.31. The molecule has 1 amide bonds. The van der Waals surface area contributed by atoms with Crippen LogP contribution >= 0.6 is 11.8 Å². The molecule has 3 rings (SSSR count). The van der Waals surface area contributed by atoms with E-state index in [1.165, 1.54) is 22.1 Å². The Kier molecular flexibility index (Phi) is 8.28. The van der Waals surface area contributed by atoms with E-state index in [1.807, 2.05) is 22.8 Å². The van der Waals surface area contributed by atoms with Crippen molar-refractivity contribution in [3.05, 3.63) is 59.9 Å². The monoisotopic (exact) mass is 487 g/mol. The second-order valence-electron chi connectivity index (χ2n) is 7.37. The molecule has 0 bridgehead atoms. The Hall–Kier alpha value is -2.69. The Bertz CT molecular complexity index is 1220. The first-order valence-corrected chi connectivity index (χ1v) is 13.3. The number of carbonyl (C=O) groups excluding carboxylic acids is 1. The van der Waals surface area contributed by atoms with Gasteiger partial charge in [0.2, 0.25) is 15.9 Å². The highest BCUT2D eigenvalue weighted by Crippen LogP contribution is 2.25. The SMILES string of the molecule is CCc1ccccc1-n1cnnc1SCC(=O)Nc1ccc(C)c(S(=O)(=O)N(CC)CC)c1. The van der Waals surface area contributed by atoms with Crippen LogP contribution in [0.2, 0.25) is 0 Å². The van der Waals surface area contributed by atoms with Crippen LogP contribution in [-0.2, 0) is 21.2 Å². The van der Waals surface area contributed by atoms with Crippen molar-refractivity contribution in [3.8, 4) is 5.69 Å². The molecule has 0 saturated carbocycles. The number of thioether (sulfide) groups is 1. The number of amides is 1. The van der Waals surface area contributed by atoms with Crippen LogP contribution in [0.25, 0.3) is 5.69 Å². The summed E-state index contributed by atoms with van der Waals surface area (Å²) < 4.78 is 29.2. The second kappa shape index (κ2) is 11.0. The summed E-state index contributed by atoms with van der Waals surface area (Å²) in [6.07, 6.45) is 2.50. The number of aromatic nitrogens is 3. The zero-order valence-electron chi connectivity index (χ0n) is 19.3. The molecule has 0 saturated heterocycles. The van der Waals surface area contributed by atoms with Crippen LogP contribution in [0.5, 0.6) is 0 Å². The van der Waals surface area contributed by atoms with Crippen LogP contribution in [0.15, 0.2) is 58.8 Å². The van der Waals surface area contributed by atoms with E-state index in [9.17, 15) is 13.2 Å². The van der Waals surface area contributed by atoms with E-state index in [0.717, 1.165) is 17.7 Å². The number of carbonyl (C=O) groups is 1.